The Morgan fingerprint density at radius 3 is 2.76 bits per heavy atom. The van der Waals surface area contributed by atoms with Crippen molar-refractivity contribution in [1.82, 2.24) is 0 Å². The minimum atomic E-state index is -0.871. The van der Waals surface area contributed by atoms with Crippen LogP contribution in [0, 0.1) is 6.92 Å². The molecule has 1 heterocycles. The fourth-order valence-electron chi connectivity index (χ4n) is 1.51. The summed E-state index contributed by atoms with van der Waals surface area (Å²) in [6.45, 7) is 1.90. The molecular formula is C12H10O5. The summed E-state index contributed by atoms with van der Waals surface area (Å²) in [5, 5.41) is 0.660. The van der Waals surface area contributed by atoms with Gasteiger partial charge in [0.2, 0.25) is 0 Å². The molecule has 0 aliphatic rings. The van der Waals surface area contributed by atoms with E-state index in [9.17, 15) is 9.59 Å². The van der Waals surface area contributed by atoms with E-state index in [1.807, 2.05) is 19.1 Å². The summed E-state index contributed by atoms with van der Waals surface area (Å²) in [4.78, 5) is 31.4. The summed E-state index contributed by atoms with van der Waals surface area (Å²) in [6.07, 6.45) is 0. The Morgan fingerprint density at radius 2 is 2.06 bits per heavy atom. The smallest absolute Gasteiger partial charge is 0.380 e. The molecule has 0 saturated carbocycles. The number of fused-ring (bicyclic) bond motifs is 1. The minimum absolute atomic E-state index is 0.190. The molecule has 0 amide bonds. The van der Waals surface area contributed by atoms with Crippen LogP contribution in [0.5, 0.6) is 0 Å². The van der Waals surface area contributed by atoms with Gasteiger partial charge in [0.05, 0.1) is 7.11 Å². The Labute approximate surface area is 96.5 Å². The zero-order valence-electron chi connectivity index (χ0n) is 9.35. The highest BCUT2D eigenvalue weighted by atomic mass is 17.2. The molecule has 0 fully saturated rings. The van der Waals surface area contributed by atoms with Gasteiger partial charge < -0.3 is 4.42 Å². The molecule has 0 bridgehead atoms. The zero-order chi connectivity index (χ0) is 12.4. The van der Waals surface area contributed by atoms with E-state index < -0.39 is 11.6 Å². The Hall–Kier alpha value is -2.14. The molecule has 1 aromatic heterocycles. The SMILES string of the molecule is COOC(=O)c1cc2cc(C)ccc2oc1=O. The lowest BCUT2D eigenvalue weighted by molar-refractivity contribution is -0.216. The number of rotatable bonds is 2. The number of benzene rings is 1. The van der Waals surface area contributed by atoms with Crippen molar-refractivity contribution in [2.45, 2.75) is 6.92 Å². The van der Waals surface area contributed by atoms with E-state index in [1.165, 1.54) is 13.2 Å². The van der Waals surface area contributed by atoms with Crippen LogP contribution >= 0.6 is 0 Å². The van der Waals surface area contributed by atoms with E-state index in [0.29, 0.717) is 11.0 Å². The maximum atomic E-state index is 11.5. The lowest BCUT2D eigenvalue weighted by Gasteiger charge is -2.01. The van der Waals surface area contributed by atoms with E-state index >= 15 is 0 Å². The summed E-state index contributed by atoms with van der Waals surface area (Å²) in [6, 6.07) is 6.73. The van der Waals surface area contributed by atoms with E-state index in [2.05, 4.69) is 9.78 Å². The van der Waals surface area contributed by atoms with Crippen molar-refractivity contribution in [3.8, 4) is 0 Å². The van der Waals surface area contributed by atoms with Crippen LogP contribution in [0.3, 0.4) is 0 Å². The fourth-order valence-corrected chi connectivity index (χ4v) is 1.51. The van der Waals surface area contributed by atoms with Gasteiger partial charge in [0.1, 0.15) is 11.1 Å². The third-order valence-corrected chi connectivity index (χ3v) is 2.27. The van der Waals surface area contributed by atoms with Crippen LogP contribution in [-0.2, 0) is 9.78 Å². The largest absolute Gasteiger partial charge is 0.422 e. The van der Waals surface area contributed by atoms with Crippen molar-refractivity contribution in [3.63, 3.8) is 0 Å². The van der Waals surface area contributed by atoms with Gasteiger partial charge in [0.25, 0.3) is 0 Å². The summed E-state index contributed by atoms with van der Waals surface area (Å²) >= 11 is 0. The molecule has 2 aromatic rings. The number of aryl methyl sites for hydroxylation is 1. The Morgan fingerprint density at radius 1 is 1.29 bits per heavy atom. The number of carbonyl (C=O) groups excluding carboxylic acids is 1. The Balaban J connectivity index is 2.61. The van der Waals surface area contributed by atoms with Gasteiger partial charge in [-0.1, -0.05) is 11.6 Å². The standard InChI is InChI=1S/C12H10O5/c1-7-3-4-10-8(5-7)6-9(11(13)16-10)12(14)17-15-2/h3-6H,1-2H3. The fraction of sp³-hybridized carbons (Fsp3) is 0.167. The lowest BCUT2D eigenvalue weighted by atomic mass is 10.1. The van der Waals surface area contributed by atoms with Gasteiger partial charge in [-0.25, -0.2) is 9.59 Å². The van der Waals surface area contributed by atoms with Gasteiger partial charge in [-0.15, -0.1) is 0 Å². The molecule has 5 nitrogen and oxygen atoms in total. The molecule has 0 aliphatic carbocycles. The number of hydrogen-bond donors (Lipinski definition) is 0. The Bertz CT molecular complexity index is 626. The van der Waals surface area contributed by atoms with Gasteiger partial charge in [0, 0.05) is 5.39 Å². The first-order valence-electron chi connectivity index (χ1n) is 4.91. The first-order chi connectivity index (χ1) is 8.11. The second-order valence-electron chi connectivity index (χ2n) is 3.53. The van der Waals surface area contributed by atoms with Crippen LogP contribution in [-0.4, -0.2) is 13.1 Å². The van der Waals surface area contributed by atoms with E-state index in [1.54, 1.807) is 6.07 Å². The quantitative estimate of drug-likeness (QED) is 0.450. The first-order valence-corrected chi connectivity index (χ1v) is 4.91. The summed E-state index contributed by atoms with van der Waals surface area (Å²) in [5.41, 5.74) is 0.486. The predicted octanol–water partition coefficient (Wildman–Crippen LogP) is 1.82. The molecule has 0 N–H and O–H groups in total. The molecular weight excluding hydrogens is 224 g/mol. The van der Waals surface area contributed by atoms with Gasteiger partial charge in [-0.2, -0.15) is 4.89 Å². The van der Waals surface area contributed by atoms with Crippen LogP contribution in [0.2, 0.25) is 0 Å². The second kappa shape index (κ2) is 4.39. The highest BCUT2D eigenvalue weighted by Gasteiger charge is 2.15. The molecule has 88 valence electrons. The lowest BCUT2D eigenvalue weighted by Crippen LogP contribution is -2.16. The highest BCUT2D eigenvalue weighted by Crippen LogP contribution is 2.15. The van der Waals surface area contributed by atoms with Crippen molar-refractivity contribution < 1.29 is 19.0 Å². The second-order valence-corrected chi connectivity index (χ2v) is 3.53. The van der Waals surface area contributed by atoms with Crippen molar-refractivity contribution in [2.75, 3.05) is 7.11 Å². The molecule has 0 unspecified atom stereocenters. The molecule has 0 atom stereocenters. The van der Waals surface area contributed by atoms with E-state index in [0.717, 1.165) is 5.56 Å². The molecule has 17 heavy (non-hydrogen) atoms. The number of carbonyl (C=O) groups is 1. The van der Waals surface area contributed by atoms with Crippen LogP contribution in [0.25, 0.3) is 11.0 Å². The molecule has 5 heteroatoms. The van der Waals surface area contributed by atoms with Crippen molar-refractivity contribution >= 4 is 16.9 Å². The summed E-state index contributed by atoms with van der Waals surface area (Å²) in [5.74, 6) is -0.871. The predicted molar refractivity (Wildman–Crippen MR) is 59.6 cm³/mol. The molecule has 0 radical (unpaired) electrons. The average Bonchev–Trinajstić information content (AvgIpc) is 2.29. The topological polar surface area (TPSA) is 65.7 Å². The van der Waals surface area contributed by atoms with Gasteiger partial charge in [-0.3, -0.25) is 4.89 Å². The van der Waals surface area contributed by atoms with Gasteiger partial charge >= 0.3 is 11.6 Å². The highest BCUT2D eigenvalue weighted by molar-refractivity contribution is 5.92. The monoisotopic (exact) mass is 234 g/mol. The van der Waals surface area contributed by atoms with E-state index in [4.69, 9.17) is 4.42 Å². The van der Waals surface area contributed by atoms with Crippen molar-refractivity contribution in [1.29, 1.82) is 0 Å². The van der Waals surface area contributed by atoms with Crippen LogP contribution in [0.4, 0.5) is 0 Å². The third-order valence-electron chi connectivity index (χ3n) is 2.27. The zero-order valence-corrected chi connectivity index (χ0v) is 9.35. The van der Waals surface area contributed by atoms with Crippen LogP contribution in [0.15, 0.2) is 33.5 Å². The maximum Gasteiger partial charge on any atom is 0.380 e. The maximum absolute atomic E-state index is 11.5. The summed E-state index contributed by atoms with van der Waals surface area (Å²) in [7, 11) is 1.19. The third kappa shape index (κ3) is 2.19. The van der Waals surface area contributed by atoms with E-state index in [-0.39, 0.29) is 5.56 Å². The molecule has 0 spiro atoms. The van der Waals surface area contributed by atoms with Gasteiger partial charge in [-0.05, 0) is 25.1 Å². The van der Waals surface area contributed by atoms with Crippen molar-refractivity contribution in [2.24, 2.45) is 0 Å². The first kappa shape index (κ1) is 11.3. The van der Waals surface area contributed by atoms with Crippen LogP contribution < -0.4 is 5.63 Å². The molecule has 0 aliphatic heterocycles. The molecule has 1 aromatic carbocycles. The molecule has 2 rings (SSSR count). The number of hydrogen-bond acceptors (Lipinski definition) is 5. The van der Waals surface area contributed by atoms with Crippen molar-refractivity contribution in [3.05, 3.63) is 45.8 Å². The Kier molecular flexibility index (Phi) is 2.93. The van der Waals surface area contributed by atoms with Gasteiger partial charge in [0.15, 0.2) is 0 Å². The minimum Gasteiger partial charge on any atom is -0.422 e. The average molecular weight is 234 g/mol. The van der Waals surface area contributed by atoms with Crippen LogP contribution in [0.1, 0.15) is 15.9 Å². The normalized spacial score (nSPS) is 10.5. The molecule has 0 saturated heterocycles. The summed E-state index contributed by atoms with van der Waals surface area (Å²) < 4.78 is 5.00.